The highest BCUT2D eigenvalue weighted by atomic mass is 19.4. The van der Waals surface area contributed by atoms with Crippen LogP contribution in [0, 0.1) is 0 Å². The molecule has 0 aliphatic carbocycles. The molecule has 0 amide bonds. The molecule has 6 nitrogen and oxygen atoms in total. The van der Waals surface area contributed by atoms with Crippen LogP contribution in [0.15, 0.2) is 36.4 Å². The van der Waals surface area contributed by atoms with Gasteiger partial charge in [-0.3, -0.25) is 0 Å². The summed E-state index contributed by atoms with van der Waals surface area (Å²) in [6.45, 7) is 2.24. The molecule has 2 aromatic carbocycles. The number of aromatic carboxylic acids is 1. The van der Waals surface area contributed by atoms with Crippen molar-refractivity contribution in [3.8, 4) is 11.4 Å². The highest BCUT2D eigenvalue weighted by Gasteiger charge is 2.34. The number of carbonyl (C=O) groups is 1. The van der Waals surface area contributed by atoms with Gasteiger partial charge in [-0.2, -0.15) is 13.2 Å². The lowest BCUT2D eigenvalue weighted by Gasteiger charge is -2.29. The second-order valence-electron chi connectivity index (χ2n) is 6.42. The van der Waals surface area contributed by atoms with E-state index in [-0.39, 0.29) is 22.5 Å². The van der Waals surface area contributed by atoms with Gasteiger partial charge < -0.3 is 19.7 Å². The summed E-state index contributed by atoms with van der Waals surface area (Å²) in [6, 6.07) is 8.27. The SMILES string of the molecule is O=C(O)c1cc(N2CCOCC2)cc2[nH]c(-c3ccccc3C(F)(F)F)nc12. The summed E-state index contributed by atoms with van der Waals surface area (Å²) in [7, 11) is 0. The molecule has 28 heavy (non-hydrogen) atoms. The van der Waals surface area contributed by atoms with Crippen molar-refractivity contribution in [3.63, 3.8) is 0 Å². The molecule has 0 atom stereocenters. The first kappa shape index (κ1) is 18.3. The zero-order valence-electron chi connectivity index (χ0n) is 14.6. The van der Waals surface area contributed by atoms with Crippen molar-refractivity contribution < 1.29 is 27.8 Å². The topological polar surface area (TPSA) is 78.5 Å². The number of fused-ring (bicyclic) bond motifs is 1. The Morgan fingerprint density at radius 1 is 1.18 bits per heavy atom. The van der Waals surface area contributed by atoms with Crippen molar-refractivity contribution in [3.05, 3.63) is 47.5 Å². The summed E-state index contributed by atoms with van der Waals surface area (Å²) in [5.74, 6) is -1.22. The Balaban J connectivity index is 1.87. The summed E-state index contributed by atoms with van der Waals surface area (Å²) < 4.78 is 45.4. The maximum absolute atomic E-state index is 13.3. The highest BCUT2D eigenvalue weighted by molar-refractivity contribution is 6.03. The predicted octanol–water partition coefficient (Wildman–Crippen LogP) is 3.78. The van der Waals surface area contributed by atoms with Gasteiger partial charge in [0.2, 0.25) is 0 Å². The number of aromatic amines is 1. The summed E-state index contributed by atoms with van der Waals surface area (Å²) in [6.07, 6.45) is -4.55. The smallest absolute Gasteiger partial charge is 0.417 e. The zero-order chi connectivity index (χ0) is 19.9. The van der Waals surface area contributed by atoms with Crippen molar-refractivity contribution in [1.82, 2.24) is 9.97 Å². The number of rotatable bonds is 3. The highest BCUT2D eigenvalue weighted by Crippen LogP contribution is 2.37. The molecule has 1 aliphatic rings. The minimum atomic E-state index is -4.55. The summed E-state index contributed by atoms with van der Waals surface area (Å²) in [4.78, 5) is 20.8. The number of benzene rings is 2. The lowest BCUT2D eigenvalue weighted by molar-refractivity contribution is -0.137. The molecule has 146 valence electrons. The average Bonchev–Trinajstić information content (AvgIpc) is 3.11. The first-order chi connectivity index (χ1) is 13.3. The van der Waals surface area contributed by atoms with Crippen molar-refractivity contribution in [2.24, 2.45) is 0 Å². The Labute approximate surface area is 157 Å². The molecular weight excluding hydrogens is 375 g/mol. The van der Waals surface area contributed by atoms with Gasteiger partial charge >= 0.3 is 12.1 Å². The van der Waals surface area contributed by atoms with Crippen molar-refractivity contribution >= 4 is 22.7 Å². The van der Waals surface area contributed by atoms with Crippen LogP contribution >= 0.6 is 0 Å². The van der Waals surface area contributed by atoms with Crippen LogP contribution in [0.5, 0.6) is 0 Å². The minimum absolute atomic E-state index is 0.0236. The van der Waals surface area contributed by atoms with Gasteiger partial charge in [-0.05, 0) is 18.2 Å². The van der Waals surface area contributed by atoms with E-state index in [2.05, 4.69) is 9.97 Å². The van der Waals surface area contributed by atoms with E-state index < -0.39 is 17.7 Å². The summed E-state index contributed by atoms with van der Waals surface area (Å²) >= 11 is 0. The van der Waals surface area contributed by atoms with E-state index in [1.165, 1.54) is 24.3 Å². The fraction of sp³-hybridized carbons (Fsp3) is 0.263. The van der Waals surface area contributed by atoms with Crippen LogP contribution in [0.4, 0.5) is 18.9 Å². The number of hydrogen-bond acceptors (Lipinski definition) is 4. The van der Waals surface area contributed by atoms with Gasteiger partial charge in [0.25, 0.3) is 0 Å². The number of carboxylic acid groups (broad SMARTS) is 1. The van der Waals surface area contributed by atoms with E-state index in [1.54, 1.807) is 6.07 Å². The lowest BCUT2D eigenvalue weighted by Crippen LogP contribution is -2.36. The second-order valence-corrected chi connectivity index (χ2v) is 6.42. The molecule has 2 N–H and O–H groups in total. The van der Waals surface area contributed by atoms with Crippen LogP contribution in [-0.2, 0) is 10.9 Å². The van der Waals surface area contributed by atoms with Crippen LogP contribution in [-0.4, -0.2) is 47.3 Å². The predicted molar refractivity (Wildman–Crippen MR) is 96.5 cm³/mol. The van der Waals surface area contributed by atoms with Gasteiger partial charge in [0.15, 0.2) is 0 Å². The third-order valence-corrected chi connectivity index (χ3v) is 4.67. The van der Waals surface area contributed by atoms with E-state index >= 15 is 0 Å². The Morgan fingerprint density at radius 3 is 2.57 bits per heavy atom. The lowest BCUT2D eigenvalue weighted by atomic mass is 10.1. The van der Waals surface area contributed by atoms with Gasteiger partial charge in [-0.15, -0.1) is 0 Å². The molecule has 0 spiro atoms. The number of imidazole rings is 1. The Morgan fingerprint density at radius 2 is 1.89 bits per heavy atom. The number of morpholine rings is 1. The van der Waals surface area contributed by atoms with Crippen LogP contribution in [0.3, 0.4) is 0 Å². The Hall–Kier alpha value is -3.07. The first-order valence-corrected chi connectivity index (χ1v) is 8.61. The number of ether oxygens (including phenoxy) is 1. The molecular formula is C19H16F3N3O3. The van der Waals surface area contributed by atoms with Crippen molar-refractivity contribution in [1.29, 1.82) is 0 Å². The molecule has 0 bridgehead atoms. The van der Waals surface area contributed by atoms with Crippen LogP contribution < -0.4 is 4.90 Å². The standard InChI is InChI=1S/C19H16F3N3O3/c20-19(21,22)14-4-2-1-3-12(14)17-23-15-10-11(25-5-7-28-8-6-25)9-13(18(26)27)16(15)24-17/h1-4,9-10H,5-8H2,(H,23,24)(H,26,27). The number of nitrogens with one attached hydrogen (secondary N) is 1. The number of carboxylic acids is 1. The van der Waals surface area contributed by atoms with E-state index in [1.807, 2.05) is 4.90 Å². The third-order valence-electron chi connectivity index (χ3n) is 4.67. The van der Waals surface area contributed by atoms with Gasteiger partial charge in [0, 0.05) is 24.3 Å². The first-order valence-electron chi connectivity index (χ1n) is 8.61. The molecule has 1 aliphatic heterocycles. The normalized spacial score (nSPS) is 15.2. The molecule has 1 aromatic heterocycles. The minimum Gasteiger partial charge on any atom is -0.478 e. The third kappa shape index (κ3) is 3.29. The molecule has 0 radical (unpaired) electrons. The monoisotopic (exact) mass is 391 g/mol. The summed E-state index contributed by atoms with van der Waals surface area (Å²) in [5.41, 5.74) is 0.123. The Bertz CT molecular complexity index is 1040. The largest absolute Gasteiger partial charge is 0.478 e. The number of halogens is 3. The van der Waals surface area contributed by atoms with E-state index in [0.717, 1.165) is 6.07 Å². The van der Waals surface area contributed by atoms with Gasteiger partial charge in [0.1, 0.15) is 11.3 Å². The number of aromatic nitrogens is 2. The molecule has 1 saturated heterocycles. The second kappa shape index (κ2) is 6.83. The fourth-order valence-corrected chi connectivity index (χ4v) is 3.33. The zero-order valence-corrected chi connectivity index (χ0v) is 14.6. The number of nitrogens with zero attached hydrogens (tertiary/aromatic N) is 2. The molecule has 2 heterocycles. The number of hydrogen-bond donors (Lipinski definition) is 2. The fourth-order valence-electron chi connectivity index (χ4n) is 3.33. The Kier molecular flexibility index (Phi) is 4.46. The van der Waals surface area contributed by atoms with E-state index in [0.29, 0.717) is 37.5 Å². The molecule has 9 heteroatoms. The van der Waals surface area contributed by atoms with Crippen molar-refractivity contribution in [2.45, 2.75) is 6.18 Å². The van der Waals surface area contributed by atoms with Crippen molar-refractivity contribution in [2.75, 3.05) is 31.2 Å². The number of alkyl halides is 3. The van der Waals surface area contributed by atoms with Gasteiger partial charge in [-0.25, -0.2) is 9.78 Å². The molecule has 4 rings (SSSR count). The maximum Gasteiger partial charge on any atom is 0.417 e. The number of H-pyrrole nitrogens is 1. The van der Waals surface area contributed by atoms with Crippen LogP contribution in [0.1, 0.15) is 15.9 Å². The molecule has 3 aromatic rings. The number of anilines is 1. The van der Waals surface area contributed by atoms with Gasteiger partial charge in [-0.1, -0.05) is 18.2 Å². The average molecular weight is 391 g/mol. The molecule has 0 unspecified atom stereocenters. The van der Waals surface area contributed by atoms with E-state index in [4.69, 9.17) is 4.74 Å². The molecule has 0 saturated carbocycles. The van der Waals surface area contributed by atoms with Crippen LogP contribution in [0.25, 0.3) is 22.4 Å². The van der Waals surface area contributed by atoms with Crippen LogP contribution in [0.2, 0.25) is 0 Å². The maximum atomic E-state index is 13.3. The summed E-state index contributed by atoms with van der Waals surface area (Å²) in [5, 5.41) is 9.59. The molecule has 1 fully saturated rings. The van der Waals surface area contributed by atoms with Gasteiger partial charge in [0.05, 0.1) is 29.9 Å². The van der Waals surface area contributed by atoms with E-state index in [9.17, 15) is 23.1 Å². The quantitative estimate of drug-likeness (QED) is 0.710.